The van der Waals surface area contributed by atoms with E-state index in [1.54, 1.807) is 13.4 Å². The molecule has 1 aromatic rings. The van der Waals surface area contributed by atoms with Crippen molar-refractivity contribution >= 4 is 29.9 Å². The summed E-state index contributed by atoms with van der Waals surface area (Å²) >= 11 is 0. The van der Waals surface area contributed by atoms with Crippen LogP contribution >= 0.6 is 24.0 Å². The van der Waals surface area contributed by atoms with E-state index in [2.05, 4.69) is 43.3 Å². The van der Waals surface area contributed by atoms with Crippen molar-refractivity contribution in [3.63, 3.8) is 0 Å². The summed E-state index contributed by atoms with van der Waals surface area (Å²) in [6, 6.07) is 4.25. The maximum Gasteiger partial charge on any atom is 0.191 e. The molecule has 0 aromatic carbocycles. The summed E-state index contributed by atoms with van der Waals surface area (Å²) in [5.74, 6) is 1.83. The fraction of sp³-hybridized carbons (Fsp3) is 0.706. The molecular weight excluding hydrogens is 405 g/mol. The van der Waals surface area contributed by atoms with Crippen LogP contribution < -0.4 is 10.6 Å². The molecule has 0 bridgehead atoms. The molecule has 2 N–H and O–H groups in total. The molecule has 5 nitrogen and oxygen atoms in total. The third-order valence-electron chi connectivity index (χ3n) is 5.14. The van der Waals surface area contributed by atoms with Gasteiger partial charge in [-0.25, -0.2) is 0 Å². The Bertz CT molecular complexity index is 502. The Hall–Kier alpha value is -0.760. The van der Waals surface area contributed by atoms with E-state index in [0.29, 0.717) is 12.6 Å². The monoisotopic (exact) mass is 435 g/mol. The average Bonchev–Trinajstić information content (AvgIpc) is 2.99. The van der Waals surface area contributed by atoms with Crippen LogP contribution in [-0.4, -0.2) is 37.8 Å². The molecule has 1 aliphatic rings. The Kier molecular flexibility index (Phi) is 7.38. The van der Waals surface area contributed by atoms with Gasteiger partial charge in [0, 0.05) is 38.1 Å². The van der Waals surface area contributed by atoms with E-state index in [1.807, 2.05) is 12.1 Å². The topological polar surface area (TPSA) is 58.8 Å². The molecule has 0 spiro atoms. The van der Waals surface area contributed by atoms with Crippen molar-refractivity contribution in [2.75, 3.05) is 20.2 Å². The van der Waals surface area contributed by atoms with Crippen LogP contribution in [0.5, 0.6) is 0 Å². The fourth-order valence-corrected chi connectivity index (χ4v) is 2.94. The lowest BCUT2D eigenvalue weighted by molar-refractivity contribution is -0.176. The Morgan fingerprint density at radius 1 is 1.43 bits per heavy atom. The summed E-state index contributed by atoms with van der Waals surface area (Å²) in [5.41, 5.74) is -0.00485. The lowest BCUT2D eigenvalue weighted by Gasteiger charge is -2.59. The van der Waals surface area contributed by atoms with Crippen molar-refractivity contribution in [1.29, 1.82) is 0 Å². The lowest BCUT2D eigenvalue weighted by atomic mass is 9.56. The molecule has 1 fully saturated rings. The summed E-state index contributed by atoms with van der Waals surface area (Å²) in [6.07, 6.45) is 3.50. The van der Waals surface area contributed by atoms with Gasteiger partial charge in [0.1, 0.15) is 5.76 Å². The molecule has 0 amide bonds. The average molecular weight is 435 g/mol. The van der Waals surface area contributed by atoms with Crippen LogP contribution in [0, 0.1) is 5.41 Å². The number of halogens is 1. The van der Waals surface area contributed by atoms with Crippen molar-refractivity contribution in [3.05, 3.63) is 24.2 Å². The van der Waals surface area contributed by atoms with Crippen molar-refractivity contribution in [2.45, 2.75) is 52.2 Å². The minimum atomic E-state index is -0.0733. The summed E-state index contributed by atoms with van der Waals surface area (Å²) < 4.78 is 11.0. The quantitative estimate of drug-likeness (QED) is 0.410. The predicted molar refractivity (Wildman–Crippen MR) is 105 cm³/mol. The van der Waals surface area contributed by atoms with E-state index in [-0.39, 0.29) is 35.0 Å². The molecule has 1 heterocycles. The van der Waals surface area contributed by atoms with Gasteiger partial charge < -0.3 is 19.8 Å². The van der Waals surface area contributed by atoms with Crippen LogP contribution in [0.3, 0.4) is 0 Å². The van der Waals surface area contributed by atoms with Crippen LogP contribution in [0.2, 0.25) is 0 Å². The van der Waals surface area contributed by atoms with E-state index in [4.69, 9.17) is 9.15 Å². The number of hydrogen-bond donors (Lipinski definition) is 2. The molecule has 1 saturated carbocycles. The van der Waals surface area contributed by atoms with Gasteiger partial charge in [0.05, 0.1) is 11.9 Å². The minimum Gasteiger partial charge on any atom is -0.469 e. The van der Waals surface area contributed by atoms with Gasteiger partial charge in [-0.05, 0) is 32.4 Å². The smallest absolute Gasteiger partial charge is 0.191 e. The number of rotatable bonds is 6. The zero-order valence-corrected chi connectivity index (χ0v) is 17.1. The highest BCUT2D eigenvalue weighted by atomic mass is 127. The van der Waals surface area contributed by atoms with Gasteiger partial charge >= 0.3 is 0 Å². The van der Waals surface area contributed by atoms with Gasteiger partial charge in [0.2, 0.25) is 0 Å². The molecule has 0 aliphatic heterocycles. The second-order valence-electron chi connectivity index (χ2n) is 6.65. The van der Waals surface area contributed by atoms with E-state index in [1.165, 1.54) is 0 Å². The lowest BCUT2D eigenvalue weighted by Crippen LogP contribution is -2.69. The summed E-state index contributed by atoms with van der Waals surface area (Å²) in [4.78, 5) is 4.64. The zero-order chi connectivity index (χ0) is 16.2. The molecule has 0 radical (unpaired) electrons. The number of aliphatic imine (C=N–C) groups is 1. The van der Waals surface area contributed by atoms with Gasteiger partial charge in [-0.3, -0.25) is 4.99 Å². The molecule has 23 heavy (non-hydrogen) atoms. The van der Waals surface area contributed by atoms with Crippen LogP contribution in [0.1, 0.15) is 39.9 Å². The maximum absolute atomic E-state index is 5.68. The molecule has 1 aliphatic carbocycles. The molecule has 2 atom stereocenters. The Labute approximate surface area is 156 Å². The molecule has 0 saturated heterocycles. The SMILES string of the molecule is CCNC(=NCCc1ccco1)NC1CC(C)(OC)C1(C)C.I. The van der Waals surface area contributed by atoms with Crippen LogP contribution in [0.4, 0.5) is 0 Å². The second kappa shape index (κ2) is 8.37. The van der Waals surface area contributed by atoms with Crippen molar-refractivity contribution in [3.8, 4) is 0 Å². The van der Waals surface area contributed by atoms with Crippen molar-refractivity contribution in [1.82, 2.24) is 10.6 Å². The highest BCUT2D eigenvalue weighted by molar-refractivity contribution is 14.0. The van der Waals surface area contributed by atoms with Crippen LogP contribution in [0.15, 0.2) is 27.8 Å². The third kappa shape index (κ3) is 4.41. The van der Waals surface area contributed by atoms with E-state index in [9.17, 15) is 0 Å². The molecular formula is C17H30IN3O2. The second-order valence-corrected chi connectivity index (χ2v) is 6.65. The van der Waals surface area contributed by atoms with E-state index < -0.39 is 0 Å². The van der Waals surface area contributed by atoms with Gasteiger partial charge in [-0.2, -0.15) is 0 Å². The number of ether oxygens (including phenoxy) is 1. The summed E-state index contributed by atoms with van der Waals surface area (Å²) in [5, 5.41) is 6.85. The van der Waals surface area contributed by atoms with Gasteiger partial charge in [-0.15, -0.1) is 24.0 Å². The number of hydrogen-bond acceptors (Lipinski definition) is 3. The van der Waals surface area contributed by atoms with Crippen molar-refractivity contribution in [2.24, 2.45) is 10.4 Å². The molecule has 6 heteroatoms. The predicted octanol–water partition coefficient (Wildman–Crippen LogP) is 3.20. The first-order valence-corrected chi connectivity index (χ1v) is 8.05. The van der Waals surface area contributed by atoms with Gasteiger partial charge in [-0.1, -0.05) is 13.8 Å². The fourth-order valence-electron chi connectivity index (χ4n) is 2.94. The molecule has 132 valence electrons. The molecule has 2 unspecified atom stereocenters. The number of furan rings is 1. The Balaban J connectivity index is 0.00000264. The minimum absolute atomic E-state index is 0. The number of methoxy groups -OCH3 is 1. The van der Waals surface area contributed by atoms with E-state index in [0.717, 1.165) is 31.1 Å². The number of guanidine groups is 1. The number of nitrogens with one attached hydrogen (secondary N) is 2. The van der Waals surface area contributed by atoms with Crippen LogP contribution in [-0.2, 0) is 11.2 Å². The number of nitrogens with zero attached hydrogens (tertiary/aromatic N) is 1. The van der Waals surface area contributed by atoms with E-state index >= 15 is 0 Å². The largest absolute Gasteiger partial charge is 0.469 e. The van der Waals surface area contributed by atoms with Crippen molar-refractivity contribution < 1.29 is 9.15 Å². The zero-order valence-electron chi connectivity index (χ0n) is 14.8. The third-order valence-corrected chi connectivity index (χ3v) is 5.14. The maximum atomic E-state index is 5.68. The van der Waals surface area contributed by atoms with Crippen LogP contribution in [0.25, 0.3) is 0 Å². The molecule has 1 aromatic heterocycles. The van der Waals surface area contributed by atoms with Gasteiger partial charge in [0.25, 0.3) is 0 Å². The Morgan fingerprint density at radius 2 is 2.17 bits per heavy atom. The first kappa shape index (κ1) is 20.3. The highest BCUT2D eigenvalue weighted by Crippen LogP contribution is 2.51. The molecule has 2 rings (SSSR count). The first-order chi connectivity index (χ1) is 10.4. The van der Waals surface area contributed by atoms with Gasteiger partial charge in [0.15, 0.2) is 5.96 Å². The normalized spacial score (nSPS) is 26.1. The standard InChI is InChI=1S/C17H29N3O2.HI/c1-6-18-15(19-10-9-13-8-7-11-22-13)20-14-12-17(4,21-5)16(14,2)3;/h7-8,11,14H,6,9-10,12H2,1-5H3,(H2,18,19,20);1H. The summed E-state index contributed by atoms with van der Waals surface area (Å²) in [6.45, 7) is 10.3. The first-order valence-electron chi connectivity index (χ1n) is 8.05. The highest BCUT2D eigenvalue weighted by Gasteiger charge is 2.58. The summed E-state index contributed by atoms with van der Waals surface area (Å²) in [7, 11) is 1.79. The Morgan fingerprint density at radius 3 is 2.70 bits per heavy atom.